The molecule has 10 heteroatoms. The third-order valence-corrected chi connectivity index (χ3v) is 4.72. The Morgan fingerprint density at radius 2 is 2.03 bits per heavy atom. The summed E-state index contributed by atoms with van der Waals surface area (Å²) < 4.78 is 54.5. The average molecular weight is 412 g/mol. The molecule has 1 fully saturated rings. The maximum Gasteiger partial charge on any atom is 0.573 e. The van der Waals surface area contributed by atoms with Crippen LogP contribution in [0.1, 0.15) is 20.3 Å². The second-order valence-corrected chi connectivity index (χ2v) is 6.97. The Bertz CT molecular complexity index is 891. The van der Waals surface area contributed by atoms with Crippen LogP contribution in [0.5, 0.6) is 5.75 Å². The van der Waals surface area contributed by atoms with Gasteiger partial charge >= 0.3 is 6.36 Å². The molecule has 2 unspecified atom stereocenters. The van der Waals surface area contributed by atoms with Crippen LogP contribution < -0.4 is 15.0 Å². The monoisotopic (exact) mass is 412 g/mol. The first-order valence-corrected chi connectivity index (χ1v) is 9.02. The topological polar surface area (TPSA) is 67.4 Å². The minimum atomic E-state index is -4.97. The van der Waals surface area contributed by atoms with E-state index in [-0.39, 0.29) is 17.9 Å². The number of alkyl halides is 3. The second kappa shape index (κ2) is 8.22. The van der Waals surface area contributed by atoms with Crippen LogP contribution in [-0.2, 0) is 4.79 Å². The van der Waals surface area contributed by atoms with Gasteiger partial charge in [0.1, 0.15) is 12.1 Å². The van der Waals surface area contributed by atoms with Gasteiger partial charge in [-0.05, 0) is 30.5 Å². The van der Waals surface area contributed by atoms with Gasteiger partial charge in [-0.25, -0.2) is 14.4 Å². The van der Waals surface area contributed by atoms with Crippen molar-refractivity contribution in [2.45, 2.75) is 32.7 Å². The molecular weight excluding hydrogens is 392 g/mol. The Labute approximate surface area is 164 Å². The number of benzene rings is 1. The number of ether oxygens (including phenoxy) is 1. The fraction of sp³-hybridized carbons (Fsp3) is 0.421. The Hall–Kier alpha value is -2.91. The molecule has 156 valence electrons. The Morgan fingerprint density at radius 1 is 1.28 bits per heavy atom. The van der Waals surface area contributed by atoms with Gasteiger partial charge in [-0.1, -0.05) is 6.92 Å². The lowest BCUT2D eigenvalue weighted by atomic mass is 9.93. The molecule has 29 heavy (non-hydrogen) atoms. The largest absolute Gasteiger partial charge is 0.573 e. The average Bonchev–Trinajstić information content (AvgIpc) is 2.64. The number of hydrogen-bond donors (Lipinski definition) is 1. The zero-order valence-electron chi connectivity index (χ0n) is 15.8. The predicted molar refractivity (Wildman–Crippen MR) is 97.7 cm³/mol. The van der Waals surface area contributed by atoms with E-state index in [4.69, 9.17) is 0 Å². The molecule has 2 atom stereocenters. The van der Waals surface area contributed by atoms with Gasteiger partial charge in [0.25, 0.3) is 0 Å². The zero-order chi connectivity index (χ0) is 21.2. The van der Waals surface area contributed by atoms with Gasteiger partial charge in [0.2, 0.25) is 5.91 Å². The number of nitrogens with one attached hydrogen (secondary N) is 1. The molecule has 2 aromatic rings. The third-order valence-electron chi connectivity index (χ3n) is 4.72. The van der Waals surface area contributed by atoms with Gasteiger partial charge in [-0.15, -0.1) is 13.2 Å². The smallest absolute Gasteiger partial charge is 0.403 e. The minimum Gasteiger partial charge on any atom is -0.403 e. The summed E-state index contributed by atoms with van der Waals surface area (Å²) in [6.07, 6.45) is -2.89. The summed E-state index contributed by atoms with van der Waals surface area (Å²) in [6.45, 7) is 4.84. The molecule has 0 bridgehead atoms. The molecule has 1 N–H and O–H groups in total. The van der Waals surface area contributed by atoms with E-state index in [0.29, 0.717) is 30.2 Å². The summed E-state index contributed by atoms with van der Waals surface area (Å²) >= 11 is 0. The highest BCUT2D eigenvalue weighted by Crippen LogP contribution is 2.30. The standard InChI is InChI=1S/C19H20F4N4O2/c1-11-9-27(6-5-15(11)26-12(2)28)18-8-16(24-10-25-18)13-3-4-17(14(20)7-13)29-19(21,22)23/h3-4,7-8,10-11,15H,5-6,9H2,1-2H3,(H,26,28). The third kappa shape index (κ3) is 5.33. The first kappa shape index (κ1) is 20.8. The molecule has 3 rings (SSSR count). The number of piperidine rings is 1. The number of aromatic nitrogens is 2. The van der Waals surface area contributed by atoms with E-state index in [1.54, 1.807) is 6.07 Å². The number of amides is 1. The lowest BCUT2D eigenvalue weighted by Gasteiger charge is -2.37. The van der Waals surface area contributed by atoms with Crippen molar-refractivity contribution in [3.8, 4) is 17.0 Å². The van der Waals surface area contributed by atoms with Crippen LogP contribution in [0.4, 0.5) is 23.4 Å². The number of nitrogens with zero attached hydrogens (tertiary/aromatic N) is 3. The van der Waals surface area contributed by atoms with Gasteiger partial charge < -0.3 is 15.0 Å². The summed E-state index contributed by atoms with van der Waals surface area (Å²) in [7, 11) is 0. The van der Waals surface area contributed by atoms with E-state index in [9.17, 15) is 22.4 Å². The van der Waals surface area contributed by atoms with Crippen molar-refractivity contribution >= 4 is 11.7 Å². The van der Waals surface area contributed by atoms with Gasteiger partial charge in [-0.3, -0.25) is 4.79 Å². The Balaban J connectivity index is 1.77. The molecule has 1 aliphatic rings. The summed E-state index contributed by atoms with van der Waals surface area (Å²) in [4.78, 5) is 21.7. The van der Waals surface area contributed by atoms with E-state index >= 15 is 0 Å². The first-order chi connectivity index (χ1) is 13.6. The molecule has 1 aliphatic heterocycles. The molecule has 1 amide bonds. The van der Waals surface area contributed by atoms with Crippen LogP contribution >= 0.6 is 0 Å². The summed E-state index contributed by atoms with van der Waals surface area (Å²) in [6, 6.07) is 4.91. The molecule has 0 aliphatic carbocycles. The highest BCUT2D eigenvalue weighted by Gasteiger charge is 2.32. The Morgan fingerprint density at radius 3 is 2.66 bits per heavy atom. The maximum absolute atomic E-state index is 14.0. The molecule has 2 heterocycles. The van der Waals surface area contributed by atoms with Gasteiger partial charge in [0.05, 0.1) is 5.69 Å². The first-order valence-electron chi connectivity index (χ1n) is 9.02. The fourth-order valence-electron chi connectivity index (χ4n) is 3.37. The van der Waals surface area contributed by atoms with E-state index < -0.39 is 17.9 Å². The van der Waals surface area contributed by atoms with Crippen molar-refractivity contribution in [2.24, 2.45) is 5.92 Å². The molecule has 0 spiro atoms. The molecule has 0 radical (unpaired) electrons. The zero-order valence-corrected chi connectivity index (χ0v) is 15.8. The van der Waals surface area contributed by atoms with E-state index in [0.717, 1.165) is 18.6 Å². The number of rotatable bonds is 4. The van der Waals surface area contributed by atoms with Crippen LogP contribution in [0.25, 0.3) is 11.3 Å². The number of anilines is 1. The molecule has 1 aromatic carbocycles. The van der Waals surface area contributed by atoms with Crippen molar-refractivity contribution in [2.75, 3.05) is 18.0 Å². The van der Waals surface area contributed by atoms with Crippen LogP contribution in [0.2, 0.25) is 0 Å². The summed E-state index contributed by atoms with van der Waals surface area (Å²) in [5.41, 5.74) is 0.686. The minimum absolute atomic E-state index is 0.0698. The molecule has 0 saturated carbocycles. The van der Waals surface area contributed by atoms with Crippen molar-refractivity contribution in [3.05, 3.63) is 36.4 Å². The number of carbonyl (C=O) groups excluding carboxylic acids is 1. The maximum atomic E-state index is 14.0. The summed E-state index contributed by atoms with van der Waals surface area (Å²) in [5, 5.41) is 2.94. The number of hydrogen-bond acceptors (Lipinski definition) is 5. The highest BCUT2D eigenvalue weighted by molar-refractivity contribution is 5.73. The molecule has 1 aromatic heterocycles. The van der Waals surface area contributed by atoms with Gasteiger partial charge in [0.15, 0.2) is 11.6 Å². The van der Waals surface area contributed by atoms with Crippen LogP contribution in [0.15, 0.2) is 30.6 Å². The Kier molecular flexibility index (Phi) is 5.90. The van der Waals surface area contributed by atoms with Gasteiger partial charge in [-0.2, -0.15) is 0 Å². The second-order valence-electron chi connectivity index (χ2n) is 6.97. The predicted octanol–water partition coefficient (Wildman–Crippen LogP) is 3.53. The van der Waals surface area contributed by atoms with Crippen LogP contribution in [0, 0.1) is 11.7 Å². The highest BCUT2D eigenvalue weighted by atomic mass is 19.4. The SMILES string of the molecule is CC(=O)NC1CCN(c2cc(-c3ccc(OC(F)(F)F)c(F)c3)ncn2)CC1C. The van der Waals surface area contributed by atoms with E-state index in [1.807, 2.05) is 11.8 Å². The van der Waals surface area contributed by atoms with Crippen molar-refractivity contribution < 1.29 is 27.1 Å². The van der Waals surface area contributed by atoms with Crippen LogP contribution in [-0.4, -0.2) is 41.4 Å². The van der Waals surface area contributed by atoms with Crippen molar-refractivity contribution in [1.29, 1.82) is 0 Å². The van der Waals surface area contributed by atoms with Crippen molar-refractivity contribution in [3.63, 3.8) is 0 Å². The number of carbonyl (C=O) groups is 1. The van der Waals surface area contributed by atoms with E-state index in [1.165, 1.54) is 19.3 Å². The molecule has 1 saturated heterocycles. The molecular formula is C19H20F4N4O2. The van der Waals surface area contributed by atoms with Gasteiger partial charge in [0, 0.05) is 37.7 Å². The number of halogens is 4. The lowest BCUT2D eigenvalue weighted by molar-refractivity contribution is -0.275. The van der Waals surface area contributed by atoms with E-state index in [2.05, 4.69) is 20.0 Å². The lowest BCUT2D eigenvalue weighted by Crippen LogP contribution is -2.49. The molecule has 6 nitrogen and oxygen atoms in total. The normalized spacial score (nSPS) is 19.7. The summed E-state index contributed by atoms with van der Waals surface area (Å²) in [5.74, 6) is -1.28. The van der Waals surface area contributed by atoms with Crippen molar-refractivity contribution in [1.82, 2.24) is 15.3 Å². The fourth-order valence-corrected chi connectivity index (χ4v) is 3.37. The quantitative estimate of drug-likeness (QED) is 0.779. The van der Waals surface area contributed by atoms with Crippen LogP contribution in [0.3, 0.4) is 0 Å².